The van der Waals surface area contributed by atoms with E-state index in [0.29, 0.717) is 0 Å². The summed E-state index contributed by atoms with van der Waals surface area (Å²) in [6, 6.07) is 0. The Labute approximate surface area is 210 Å². The molecule has 0 spiro atoms. The molecule has 0 aromatic rings. The van der Waals surface area contributed by atoms with Gasteiger partial charge in [0.25, 0.3) is 5.97 Å². The largest absolute Gasteiger partial charge is 0.327 e. The molecule has 0 rings (SSSR count). The molecule has 0 aliphatic rings. The molecule has 0 fully saturated rings. The highest BCUT2D eigenvalue weighted by molar-refractivity contribution is 5.75. The molecular formula is C28H64BNO3. The summed E-state index contributed by atoms with van der Waals surface area (Å²) in [6.07, 6.45) is 16.3. The minimum absolute atomic E-state index is 0. The van der Waals surface area contributed by atoms with E-state index in [9.17, 15) is 0 Å². The van der Waals surface area contributed by atoms with E-state index in [-0.39, 0.29) is 8.41 Å². The van der Waals surface area contributed by atoms with Crippen LogP contribution in [0.3, 0.4) is 0 Å². The zero-order chi connectivity index (χ0) is 24.0. The van der Waals surface area contributed by atoms with Gasteiger partial charge in [0.2, 0.25) is 0 Å². The average Bonchev–Trinajstić information content (AvgIpc) is 2.80. The maximum atomic E-state index is 6.37. The van der Waals surface area contributed by atoms with Gasteiger partial charge in [-0.25, -0.2) is 0 Å². The predicted octanol–water partition coefficient (Wildman–Crippen LogP) is 6.64. The first kappa shape index (κ1) is 35.1. The fraction of sp³-hybridized carbons (Fsp3) is 1.00. The highest BCUT2D eigenvalue weighted by Gasteiger charge is 2.35. The first-order valence-corrected chi connectivity index (χ1v) is 14.3. The second kappa shape index (κ2) is 23.6. The highest BCUT2D eigenvalue weighted by Crippen LogP contribution is 2.26. The third-order valence-electron chi connectivity index (χ3n) is 6.53. The Kier molecular flexibility index (Phi) is 25.1. The standard InChI is InChI=1S/C28H60NO3.BH4/c1-7-13-21-29(22-14-8-2,23-15-9-3)24-19-20-28(30-25-16-10-4,31-26-17-11-5)32-27-18-12-6;/h7-27H2,1-6H3;1H4/q+1;-1. The van der Waals surface area contributed by atoms with Gasteiger partial charge in [0.1, 0.15) is 0 Å². The number of unbranched alkanes of at least 4 members (excludes halogenated alkanes) is 6. The quantitative estimate of drug-likeness (QED) is 0.0644. The summed E-state index contributed by atoms with van der Waals surface area (Å²) in [6.45, 7) is 20.9. The van der Waals surface area contributed by atoms with Crippen LogP contribution in [0, 0.1) is 0 Å². The molecule has 0 bridgehead atoms. The summed E-state index contributed by atoms with van der Waals surface area (Å²) >= 11 is 0. The first-order chi connectivity index (χ1) is 15.6. The second-order valence-electron chi connectivity index (χ2n) is 9.69. The molecule has 4 nitrogen and oxygen atoms in total. The van der Waals surface area contributed by atoms with E-state index in [4.69, 9.17) is 14.2 Å². The molecule has 202 valence electrons. The molecule has 0 N–H and O–H groups in total. The van der Waals surface area contributed by atoms with Gasteiger partial charge in [0.05, 0.1) is 46.0 Å². The van der Waals surface area contributed by atoms with Crippen LogP contribution in [0.15, 0.2) is 0 Å². The molecule has 0 aromatic carbocycles. The van der Waals surface area contributed by atoms with Gasteiger partial charge < -0.3 is 18.7 Å². The average molecular weight is 474 g/mol. The SMILES string of the molecule is CCCCOC(CCC[N+](CCCC)(CCCC)CCCC)(OCCCC)OCCCC.[BH4-]. The normalized spacial score (nSPS) is 12.2. The van der Waals surface area contributed by atoms with Crippen molar-refractivity contribution in [2.24, 2.45) is 0 Å². The molecule has 0 saturated heterocycles. The minimum atomic E-state index is -0.852. The monoisotopic (exact) mass is 473 g/mol. The van der Waals surface area contributed by atoms with Crippen molar-refractivity contribution >= 4 is 8.41 Å². The maximum Gasteiger partial charge on any atom is 0.283 e. The van der Waals surface area contributed by atoms with Crippen molar-refractivity contribution in [3.63, 3.8) is 0 Å². The van der Waals surface area contributed by atoms with E-state index in [1.807, 2.05) is 0 Å². The molecule has 0 radical (unpaired) electrons. The van der Waals surface area contributed by atoms with Crippen LogP contribution in [-0.2, 0) is 14.2 Å². The topological polar surface area (TPSA) is 27.7 Å². The summed E-state index contributed by atoms with van der Waals surface area (Å²) in [5, 5.41) is 0. The van der Waals surface area contributed by atoms with Crippen LogP contribution in [0.4, 0.5) is 0 Å². The van der Waals surface area contributed by atoms with Gasteiger partial charge >= 0.3 is 0 Å². The third kappa shape index (κ3) is 17.1. The number of rotatable bonds is 25. The van der Waals surface area contributed by atoms with Gasteiger partial charge in [0, 0.05) is 12.8 Å². The third-order valence-corrected chi connectivity index (χ3v) is 6.53. The number of ether oxygens (including phenoxy) is 3. The van der Waals surface area contributed by atoms with Crippen molar-refractivity contribution in [2.45, 2.75) is 137 Å². The Morgan fingerprint density at radius 1 is 0.455 bits per heavy atom. The first-order valence-electron chi connectivity index (χ1n) is 14.3. The van der Waals surface area contributed by atoms with Crippen molar-refractivity contribution in [1.29, 1.82) is 0 Å². The Bertz CT molecular complexity index is 347. The zero-order valence-corrected chi connectivity index (χ0v) is 23.0. The van der Waals surface area contributed by atoms with E-state index >= 15 is 0 Å². The maximum absolute atomic E-state index is 6.37. The predicted molar refractivity (Wildman–Crippen MR) is 150 cm³/mol. The number of hydrogen-bond donors (Lipinski definition) is 0. The lowest BCUT2D eigenvalue weighted by molar-refractivity contribution is -0.929. The molecule has 0 amide bonds. The smallest absolute Gasteiger partial charge is 0.283 e. The molecule has 0 aliphatic carbocycles. The van der Waals surface area contributed by atoms with Crippen molar-refractivity contribution < 1.29 is 18.7 Å². The van der Waals surface area contributed by atoms with Crippen LogP contribution in [0.25, 0.3) is 0 Å². The summed E-state index contributed by atoms with van der Waals surface area (Å²) in [5.74, 6) is -0.852. The van der Waals surface area contributed by atoms with Gasteiger partial charge in [-0.2, -0.15) is 0 Å². The number of quaternary nitrogens is 1. The van der Waals surface area contributed by atoms with Gasteiger partial charge in [0.15, 0.2) is 0 Å². The Balaban J connectivity index is 0. The van der Waals surface area contributed by atoms with E-state index in [2.05, 4.69) is 41.5 Å². The molecular weight excluding hydrogens is 409 g/mol. The molecule has 0 aliphatic heterocycles. The summed E-state index contributed by atoms with van der Waals surface area (Å²) in [5.41, 5.74) is 0. The van der Waals surface area contributed by atoms with Gasteiger partial charge in [-0.3, -0.25) is 0 Å². The second-order valence-corrected chi connectivity index (χ2v) is 9.69. The lowest BCUT2D eigenvalue weighted by atomic mass is 10.1. The molecule has 0 saturated carbocycles. The lowest BCUT2D eigenvalue weighted by Gasteiger charge is -2.40. The van der Waals surface area contributed by atoms with Gasteiger partial charge in [-0.05, 0) is 38.5 Å². The minimum Gasteiger partial charge on any atom is -0.327 e. The van der Waals surface area contributed by atoms with Crippen LogP contribution < -0.4 is 0 Å². The fourth-order valence-corrected chi connectivity index (χ4v) is 4.24. The van der Waals surface area contributed by atoms with E-state index in [1.165, 1.54) is 69.2 Å². The van der Waals surface area contributed by atoms with Crippen molar-refractivity contribution in [3.05, 3.63) is 0 Å². The lowest BCUT2D eigenvalue weighted by Crippen LogP contribution is -2.51. The van der Waals surface area contributed by atoms with E-state index < -0.39 is 5.97 Å². The summed E-state index contributed by atoms with van der Waals surface area (Å²) < 4.78 is 20.4. The van der Waals surface area contributed by atoms with E-state index in [1.54, 1.807) is 0 Å². The van der Waals surface area contributed by atoms with Crippen LogP contribution in [0.2, 0.25) is 0 Å². The number of nitrogens with zero attached hydrogens (tertiary/aromatic N) is 1. The van der Waals surface area contributed by atoms with Crippen LogP contribution >= 0.6 is 0 Å². The molecule has 0 heterocycles. The number of hydrogen-bond acceptors (Lipinski definition) is 3. The van der Waals surface area contributed by atoms with E-state index in [0.717, 1.165) is 71.2 Å². The van der Waals surface area contributed by atoms with Gasteiger partial charge in [-0.15, -0.1) is 0 Å². The van der Waals surface area contributed by atoms with Crippen LogP contribution in [0.5, 0.6) is 0 Å². The molecule has 5 heteroatoms. The molecule has 0 unspecified atom stereocenters. The molecule has 33 heavy (non-hydrogen) atoms. The fourth-order valence-electron chi connectivity index (χ4n) is 4.24. The Hall–Kier alpha value is -0.0951. The van der Waals surface area contributed by atoms with Crippen molar-refractivity contribution in [2.75, 3.05) is 46.0 Å². The molecule has 0 aromatic heterocycles. The Morgan fingerprint density at radius 3 is 1.06 bits per heavy atom. The van der Waals surface area contributed by atoms with Crippen LogP contribution in [-0.4, -0.2) is 64.9 Å². The zero-order valence-electron chi connectivity index (χ0n) is 23.0. The summed E-state index contributed by atoms with van der Waals surface area (Å²) in [4.78, 5) is 0. The van der Waals surface area contributed by atoms with Crippen molar-refractivity contribution in [3.8, 4) is 0 Å². The van der Waals surface area contributed by atoms with Crippen molar-refractivity contribution in [1.82, 2.24) is 0 Å². The Morgan fingerprint density at radius 2 is 0.758 bits per heavy atom. The molecule has 0 atom stereocenters. The van der Waals surface area contributed by atoms with Crippen LogP contribution in [0.1, 0.15) is 131 Å². The summed E-state index contributed by atoms with van der Waals surface area (Å²) in [7, 11) is 0. The highest BCUT2D eigenvalue weighted by atomic mass is 16.9. The van der Waals surface area contributed by atoms with Gasteiger partial charge in [-0.1, -0.05) is 88.5 Å².